The van der Waals surface area contributed by atoms with E-state index in [0.29, 0.717) is 6.04 Å². The van der Waals surface area contributed by atoms with Gasteiger partial charge >= 0.3 is 0 Å². The van der Waals surface area contributed by atoms with Crippen molar-refractivity contribution in [2.24, 2.45) is 0 Å². The Kier molecular flexibility index (Phi) is 4.46. The summed E-state index contributed by atoms with van der Waals surface area (Å²) < 4.78 is 0. The van der Waals surface area contributed by atoms with Crippen LogP contribution in [0, 0.1) is 0 Å². The zero-order valence-corrected chi connectivity index (χ0v) is 9.16. The van der Waals surface area contributed by atoms with Gasteiger partial charge in [-0.15, -0.1) is 0 Å². The van der Waals surface area contributed by atoms with Crippen LogP contribution in [0.5, 0.6) is 0 Å². The third-order valence-electron chi connectivity index (χ3n) is 2.87. The first kappa shape index (κ1) is 10.7. The molecule has 1 heterocycles. The average Bonchev–Trinajstić information content (AvgIpc) is 2.16. The van der Waals surface area contributed by atoms with Gasteiger partial charge in [-0.25, -0.2) is 0 Å². The largest absolute Gasteiger partial charge is 0.301 e. The predicted octanol–water partition coefficient (Wildman–Crippen LogP) is 1.59. The molecule has 0 aromatic heterocycles. The smallest absolute Gasteiger partial charge is 0.0198 e. The second-order valence-corrected chi connectivity index (χ2v) is 3.81. The highest BCUT2D eigenvalue weighted by Gasteiger charge is 2.20. The number of likely N-dealkylation sites (N-methyl/N-ethyl adjacent to an activating group) is 1. The molecule has 2 heteroatoms. The number of hydrogen-bond donors (Lipinski definition) is 0. The van der Waals surface area contributed by atoms with Gasteiger partial charge < -0.3 is 4.90 Å². The highest BCUT2D eigenvalue weighted by atomic mass is 15.3. The van der Waals surface area contributed by atoms with Crippen molar-refractivity contribution in [2.45, 2.75) is 26.8 Å². The number of rotatable bonds is 3. The first-order chi connectivity index (χ1) is 6.27. The SMILES string of the molecule is C/C=C/CN1CCN(CC)CC1C. The van der Waals surface area contributed by atoms with Gasteiger partial charge in [-0.1, -0.05) is 19.1 Å². The van der Waals surface area contributed by atoms with Gasteiger partial charge in [0.2, 0.25) is 0 Å². The van der Waals surface area contributed by atoms with E-state index in [1.165, 1.54) is 26.2 Å². The van der Waals surface area contributed by atoms with Gasteiger partial charge in [0.1, 0.15) is 0 Å². The third kappa shape index (κ3) is 3.12. The van der Waals surface area contributed by atoms with Crippen molar-refractivity contribution in [3.63, 3.8) is 0 Å². The number of nitrogens with zero attached hydrogens (tertiary/aromatic N) is 2. The van der Waals surface area contributed by atoms with Crippen LogP contribution in [-0.4, -0.2) is 48.6 Å². The van der Waals surface area contributed by atoms with E-state index in [-0.39, 0.29) is 0 Å². The summed E-state index contributed by atoms with van der Waals surface area (Å²) >= 11 is 0. The van der Waals surface area contributed by atoms with Crippen molar-refractivity contribution in [3.05, 3.63) is 12.2 Å². The van der Waals surface area contributed by atoms with E-state index in [4.69, 9.17) is 0 Å². The quantitative estimate of drug-likeness (QED) is 0.612. The van der Waals surface area contributed by atoms with Crippen LogP contribution < -0.4 is 0 Å². The second-order valence-electron chi connectivity index (χ2n) is 3.81. The molecular weight excluding hydrogens is 160 g/mol. The lowest BCUT2D eigenvalue weighted by Gasteiger charge is -2.38. The summed E-state index contributed by atoms with van der Waals surface area (Å²) in [5.74, 6) is 0. The summed E-state index contributed by atoms with van der Waals surface area (Å²) in [5, 5.41) is 0. The first-order valence-electron chi connectivity index (χ1n) is 5.35. The monoisotopic (exact) mass is 182 g/mol. The fraction of sp³-hybridized carbons (Fsp3) is 0.818. The molecule has 0 radical (unpaired) electrons. The molecule has 0 saturated carbocycles. The van der Waals surface area contributed by atoms with Crippen LogP contribution in [0.4, 0.5) is 0 Å². The van der Waals surface area contributed by atoms with E-state index in [9.17, 15) is 0 Å². The molecule has 2 nitrogen and oxygen atoms in total. The Bertz CT molecular complexity index is 165. The van der Waals surface area contributed by atoms with Crippen LogP contribution >= 0.6 is 0 Å². The molecule has 1 atom stereocenters. The Morgan fingerprint density at radius 1 is 1.38 bits per heavy atom. The Morgan fingerprint density at radius 3 is 2.69 bits per heavy atom. The summed E-state index contributed by atoms with van der Waals surface area (Å²) in [6.45, 7) is 12.7. The van der Waals surface area contributed by atoms with Gasteiger partial charge in [0.15, 0.2) is 0 Å². The molecule has 0 bridgehead atoms. The molecule has 13 heavy (non-hydrogen) atoms. The molecule has 76 valence electrons. The molecule has 0 aromatic carbocycles. The second kappa shape index (κ2) is 5.40. The van der Waals surface area contributed by atoms with Crippen LogP contribution in [0.25, 0.3) is 0 Å². The normalized spacial score (nSPS) is 27.2. The van der Waals surface area contributed by atoms with Gasteiger partial charge in [-0.05, 0) is 20.4 Å². The van der Waals surface area contributed by atoms with Gasteiger partial charge in [-0.3, -0.25) is 4.90 Å². The van der Waals surface area contributed by atoms with Gasteiger partial charge in [0, 0.05) is 32.2 Å². The Balaban J connectivity index is 2.34. The Labute approximate surface area is 82.2 Å². The number of piperazine rings is 1. The van der Waals surface area contributed by atoms with Gasteiger partial charge in [0.25, 0.3) is 0 Å². The van der Waals surface area contributed by atoms with Crippen LogP contribution in [0.15, 0.2) is 12.2 Å². The standard InChI is InChI=1S/C11H22N2/c1-4-6-7-13-9-8-12(5-2)10-11(13)3/h4,6,11H,5,7-10H2,1-3H3/b6-4+. The molecule has 0 aliphatic carbocycles. The van der Waals surface area contributed by atoms with E-state index in [1.54, 1.807) is 0 Å². The zero-order chi connectivity index (χ0) is 9.68. The zero-order valence-electron chi connectivity index (χ0n) is 9.16. The van der Waals surface area contributed by atoms with Crippen molar-refractivity contribution >= 4 is 0 Å². The lowest BCUT2D eigenvalue weighted by molar-refractivity contribution is 0.0972. The van der Waals surface area contributed by atoms with E-state index in [1.807, 2.05) is 0 Å². The fourth-order valence-electron chi connectivity index (χ4n) is 1.87. The first-order valence-corrected chi connectivity index (χ1v) is 5.35. The summed E-state index contributed by atoms with van der Waals surface area (Å²) in [5.41, 5.74) is 0. The van der Waals surface area contributed by atoms with Crippen molar-refractivity contribution in [3.8, 4) is 0 Å². The van der Waals surface area contributed by atoms with Crippen LogP contribution in [0.2, 0.25) is 0 Å². The molecule has 1 rings (SSSR count). The maximum atomic E-state index is 2.55. The van der Waals surface area contributed by atoms with E-state index >= 15 is 0 Å². The summed E-state index contributed by atoms with van der Waals surface area (Å²) in [7, 11) is 0. The van der Waals surface area contributed by atoms with Gasteiger partial charge in [-0.2, -0.15) is 0 Å². The highest BCUT2D eigenvalue weighted by molar-refractivity contribution is 4.86. The van der Waals surface area contributed by atoms with Crippen LogP contribution in [0.3, 0.4) is 0 Å². The molecule has 1 aliphatic heterocycles. The molecule has 0 N–H and O–H groups in total. The fourth-order valence-corrected chi connectivity index (χ4v) is 1.87. The van der Waals surface area contributed by atoms with Crippen molar-refractivity contribution in [1.29, 1.82) is 0 Å². The van der Waals surface area contributed by atoms with Crippen molar-refractivity contribution in [1.82, 2.24) is 9.80 Å². The molecule has 1 fully saturated rings. The van der Waals surface area contributed by atoms with Crippen molar-refractivity contribution < 1.29 is 0 Å². The Morgan fingerprint density at radius 2 is 2.15 bits per heavy atom. The maximum absolute atomic E-state index is 2.55. The van der Waals surface area contributed by atoms with E-state index in [2.05, 4.69) is 42.7 Å². The van der Waals surface area contributed by atoms with E-state index < -0.39 is 0 Å². The minimum atomic E-state index is 0.713. The topological polar surface area (TPSA) is 6.48 Å². The van der Waals surface area contributed by atoms with Crippen LogP contribution in [0.1, 0.15) is 20.8 Å². The van der Waals surface area contributed by atoms with Crippen molar-refractivity contribution in [2.75, 3.05) is 32.7 Å². The lowest BCUT2D eigenvalue weighted by Crippen LogP contribution is -2.51. The van der Waals surface area contributed by atoms with Crippen LogP contribution in [-0.2, 0) is 0 Å². The third-order valence-corrected chi connectivity index (χ3v) is 2.87. The lowest BCUT2D eigenvalue weighted by atomic mass is 10.2. The minimum Gasteiger partial charge on any atom is -0.301 e. The molecule has 0 aromatic rings. The number of allylic oxidation sites excluding steroid dienone is 1. The molecule has 1 unspecified atom stereocenters. The summed E-state index contributed by atoms with van der Waals surface area (Å²) in [4.78, 5) is 5.07. The Hall–Kier alpha value is -0.340. The average molecular weight is 182 g/mol. The highest BCUT2D eigenvalue weighted by Crippen LogP contribution is 2.08. The molecule has 0 amide bonds. The number of hydrogen-bond acceptors (Lipinski definition) is 2. The molecule has 1 aliphatic rings. The van der Waals surface area contributed by atoms with E-state index in [0.717, 1.165) is 6.54 Å². The van der Waals surface area contributed by atoms with Gasteiger partial charge in [0.05, 0.1) is 0 Å². The molecule has 1 saturated heterocycles. The predicted molar refractivity (Wildman–Crippen MR) is 58.0 cm³/mol. The minimum absolute atomic E-state index is 0.713. The summed E-state index contributed by atoms with van der Waals surface area (Å²) in [6, 6.07) is 0.713. The molecule has 0 spiro atoms. The summed E-state index contributed by atoms with van der Waals surface area (Å²) in [6.07, 6.45) is 4.39. The maximum Gasteiger partial charge on any atom is 0.0198 e. The molecular formula is C11H22N2.